The lowest BCUT2D eigenvalue weighted by Crippen LogP contribution is -2.30. The maximum Gasteiger partial charge on any atom is 0.243 e. The molecule has 156 valence electrons. The van der Waals surface area contributed by atoms with Gasteiger partial charge in [-0.05, 0) is 36.8 Å². The summed E-state index contributed by atoms with van der Waals surface area (Å²) in [5, 5.41) is 4.30. The van der Waals surface area contributed by atoms with E-state index in [0.29, 0.717) is 29.4 Å². The SMILES string of the molecule is CCN(CC)S(=O)(=O)c1ccc(C(C)Nc2ncnc3c2oc2ccccc23)cc1. The number of anilines is 1. The third-order valence-electron chi connectivity index (χ3n) is 5.23. The molecule has 2 aromatic heterocycles. The van der Waals surface area contributed by atoms with Gasteiger partial charge in [0.25, 0.3) is 0 Å². The Morgan fingerprint density at radius 2 is 1.73 bits per heavy atom. The van der Waals surface area contributed by atoms with Crippen LogP contribution in [0.4, 0.5) is 5.82 Å². The molecule has 0 bridgehead atoms. The van der Waals surface area contributed by atoms with Crippen LogP contribution in [0.5, 0.6) is 0 Å². The minimum atomic E-state index is -3.47. The third-order valence-corrected chi connectivity index (χ3v) is 7.30. The van der Waals surface area contributed by atoms with Crippen LogP contribution in [-0.2, 0) is 10.0 Å². The minimum absolute atomic E-state index is 0.110. The van der Waals surface area contributed by atoms with Crippen molar-refractivity contribution in [1.29, 1.82) is 0 Å². The topological polar surface area (TPSA) is 88.3 Å². The third kappa shape index (κ3) is 3.53. The molecule has 1 atom stereocenters. The molecule has 2 aromatic carbocycles. The number of aromatic nitrogens is 2. The van der Waals surface area contributed by atoms with Crippen molar-refractivity contribution in [1.82, 2.24) is 14.3 Å². The van der Waals surface area contributed by atoms with Gasteiger partial charge in [-0.2, -0.15) is 4.31 Å². The number of benzene rings is 2. The molecule has 0 amide bonds. The Hall–Kier alpha value is -2.97. The van der Waals surface area contributed by atoms with E-state index in [1.165, 1.54) is 10.6 Å². The summed E-state index contributed by atoms with van der Waals surface area (Å²) in [5.74, 6) is 0.600. The highest BCUT2D eigenvalue weighted by molar-refractivity contribution is 7.89. The molecule has 4 aromatic rings. The van der Waals surface area contributed by atoms with Crippen LogP contribution in [-0.4, -0.2) is 35.8 Å². The maximum absolute atomic E-state index is 12.7. The zero-order chi connectivity index (χ0) is 21.3. The monoisotopic (exact) mass is 424 g/mol. The van der Waals surface area contributed by atoms with Gasteiger partial charge >= 0.3 is 0 Å². The molecule has 0 aliphatic carbocycles. The van der Waals surface area contributed by atoms with E-state index in [9.17, 15) is 8.42 Å². The Morgan fingerprint density at radius 3 is 2.43 bits per heavy atom. The Bertz CT molecular complexity index is 1280. The summed E-state index contributed by atoms with van der Waals surface area (Å²) in [6, 6.07) is 14.6. The van der Waals surface area contributed by atoms with Crippen molar-refractivity contribution in [3.05, 3.63) is 60.4 Å². The molecular formula is C22H24N4O3S. The van der Waals surface area contributed by atoms with E-state index in [1.807, 2.05) is 57.2 Å². The molecule has 0 radical (unpaired) electrons. The number of hydrogen-bond acceptors (Lipinski definition) is 6. The summed E-state index contributed by atoms with van der Waals surface area (Å²) < 4.78 is 32.8. The summed E-state index contributed by atoms with van der Waals surface area (Å²) in [6.45, 7) is 6.55. The lowest BCUT2D eigenvalue weighted by atomic mass is 10.1. The van der Waals surface area contributed by atoms with Crippen LogP contribution in [0.3, 0.4) is 0 Å². The average Bonchev–Trinajstić information content (AvgIpc) is 3.14. The molecular weight excluding hydrogens is 400 g/mol. The smallest absolute Gasteiger partial charge is 0.243 e. The van der Waals surface area contributed by atoms with Crippen molar-refractivity contribution in [3.8, 4) is 0 Å². The quantitative estimate of drug-likeness (QED) is 0.467. The van der Waals surface area contributed by atoms with Gasteiger partial charge in [-0.25, -0.2) is 18.4 Å². The van der Waals surface area contributed by atoms with Crippen molar-refractivity contribution in [2.75, 3.05) is 18.4 Å². The second-order valence-corrected chi connectivity index (χ2v) is 8.96. The molecule has 8 heteroatoms. The second-order valence-electron chi connectivity index (χ2n) is 7.02. The van der Waals surface area contributed by atoms with Crippen LogP contribution in [0.1, 0.15) is 32.4 Å². The van der Waals surface area contributed by atoms with Gasteiger partial charge in [0.15, 0.2) is 11.4 Å². The van der Waals surface area contributed by atoms with E-state index in [4.69, 9.17) is 4.42 Å². The Morgan fingerprint density at radius 1 is 1.03 bits per heavy atom. The summed E-state index contributed by atoms with van der Waals surface area (Å²) in [7, 11) is -3.47. The lowest BCUT2D eigenvalue weighted by molar-refractivity contribution is 0.445. The van der Waals surface area contributed by atoms with E-state index < -0.39 is 10.0 Å². The van der Waals surface area contributed by atoms with Gasteiger partial charge in [0.2, 0.25) is 10.0 Å². The van der Waals surface area contributed by atoms with Gasteiger partial charge in [0, 0.05) is 18.5 Å². The minimum Gasteiger partial charge on any atom is -0.450 e. The van der Waals surface area contributed by atoms with Gasteiger partial charge in [-0.15, -0.1) is 0 Å². The summed E-state index contributed by atoms with van der Waals surface area (Å²) >= 11 is 0. The Kier molecular flexibility index (Phi) is 5.44. The zero-order valence-electron chi connectivity index (χ0n) is 17.2. The standard InChI is InChI=1S/C22H24N4O3S/c1-4-26(5-2)30(27,28)17-12-10-16(11-13-17)15(3)25-22-21-20(23-14-24-22)18-8-6-7-9-19(18)29-21/h6-15H,4-5H2,1-3H3,(H,23,24,25). The molecule has 0 saturated heterocycles. The highest BCUT2D eigenvalue weighted by Gasteiger charge is 2.22. The van der Waals surface area contributed by atoms with Crippen molar-refractivity contribution in [3.63, 3.8) is 0 Å². The summed E-state index contributed by atoms with van der Waals surface area (Å²) in [4.78, 5) is 9.01. The van der Waals surface area contributed by atoms with Crippen LogP contribution in [0.25, 0.3) is 22.1 Å². The van der Waals surface area contributed by atoms with E-state index in [0.717, 1.165) is 22.0 Å². The fraction of sp³-hybridized carbons (Fsp3) is 0.273. The van der Waals surface area contributed by atoms with E-state index in [2.05, 4.69) is 15.3 Å². The van der Waals surface area contributed by atoms with Crippen molar-refractivity contribution >= 4 is 37.9 Å². The van der Waals surface area contributed by atoms with Gasteiger partial charge in [-0.1, -0.05) is 38.1 Å². The number of para-hydroxylation sites is 1. The van der Waals surface area contributed by atoms with Gasteiger partial charge < -0.3 is 9.73 Å². The highest BCUT2D eigenvalue weighted by Crippen LogP contribution is 2.32. The van der Waals surface area contributed by atoms with E-state index >= 15 is 0 Å². The van der Waals surface area contributed by atoms with E-state index in [1.54, 1.807) is 12.1 Å². The lowest BCUT2D eigenvalue weighted by Gasteiger charge is -2.19. The average molecular weight is 425 g/mol. The molecule has 1 N–H and O–H groups in total. The van der Waals surface area contributed by atoms with Crippen molar-refractivity contribution < 1.29 is 12.8 Å². The molecule has 0 fully saturated rings. The molecule has 7 nitrogen and oxygen atoms in total. The number of nitrogens with zero attached hydrogens (tertiary/aromatic N) is 3. The number of sulfonamides is 1. The van der Waals surface area contributed by atoms with Crippen LogP contribution >= 0.6 is 0 Å². The second kappa shape index (κ2) is 8.04. The predicted octanol–water partition coefficient (Wildman–Crippen LogP) is 4.58. The maximum atomic E-state index is 12.7. The Balaban J connectivity index is 1.61. The summed E-state index contributed by atoms with van der Waals surface area (Å²) in [5.41, 5.74) is 3.06. The first kappa shape index (κ1) is 20.3. The summed E-state index contributed by atoms with van der Waals surface area (Å²) in [6.07, 6.45) is 1.51. The molecule has 1 unspecified atom stereocenters. The largest absolute Gasteiger partial charge is 0.450 e. The van der Waals surface area contributed by atoms with Gasteiger partial charge in [-0.3, -0.25) is 0 Å². The van der Waals surface area contributed by atoms with Crippen LogP contribution < -0.4 is 5.32 Å². The van der Waals surface area contributed by atoms with Crippen LogP contribution in [0.2, 0.25) is 0 Å². The molecule has 30 heavy (non-hydrogen) atoms. The fourth-order valence-electron chi connectivity index (χ4n) is 3.56. The van der Waals surface area contributed by atoms with Crippen LogP contribution in [0, 0.1) is 0 Å². The first-order valence-corrected chi connectivity index (χ1v) is 11.4. The van der Waals surface area contributed by atoms with Gasteiger partial charge in [0.05, 0.1) is 10.9 Å². The van der Waals surface area contributed by atoms with Crippen molar-refractivity contribution in [2.45, 2.75) is 31.7 Å². The number of furan rings is 1. The number of hydrogen-bond donors (Lipinski definition) is 1. The van der Waals surface area contributed by atoms with Crippen LogP contribution in [0.15, 0.2) is 64.2 Å². The first-order valence-electron chi connectivity index (χ1n) is 9.94. The number of nitrogens with one attached hydrogen (secondary N) is 1. The van der Waals surface area contributed by atoms with Gasteiger partial charge in [0.1, 0.15) is 17.4 Å². The molecule has 4 rings (SSSR count). The first-order chi connectivity index (χ1) is 14.5. The molecule has 0 spiro atoms. The Labute approximate surface area is 175 Å². The molecule has 0 saturated carbocycles. The molecule has 2 heterocycles. The normalized spacial score (nSPS) is 13.2. The fourth-order valence-corrected chi connectivity index (χ4v) is 5.01. The number of fused-ring (bicyclic) bond motifs is 3. The molecule has 0 aliphatic heterocycles. The predicted molar refractivity (Wildman–Crippen MR) is 118 cm³/mol. The van der Waals surface area contributed by atoms with E-state index in [-0.39, 0.29) is 6.04 Å². The number of rotatable bonds is 7. The highest BCUT2D eigenvalue weighted by atomic mass is 32.2. The zero-order valence-corrected chi connectivity index (χ0v) is 18.0. The van der Waals surface area contributed by atoms with Crippen molar-refractivity contribution in [2.24, 2.45) is 0 Å². The molecule has 0 aliphatic rings.